The fraction of sp³-hybridized carbons (Fsp3) is 0.500. The summed E-state index contributed by atoms with van der Waals surface area (Å²) in [5.41, 5.74) is -0.459. The van der Waals surface area contributed by atoms with E-state index in [2.05, 4.69) is 9.84 Å². The monoisotopic (exact) mass is 237 g/mol. The lowest BCUT2D eigenvalue weighted by Crippen LogP contribution is -2.23. The van der Waals surface area contributed by atoms with Crippen molar-refractivity contribution >= 4 is 5.97 Å². The Balaban J connectivity index is 2.82. The lowest BCUT2D eigenvalue weighted by molar-refractivity contribution is -0.255. The first kappa shape index (κ1) is 12.3. The molecule has 0 aromatic carbocycles. The zero-order valence-corrected chi connectivity index (χ0v) is 8.24. The van der Waals surface area contributed by atoms with E-state index in [-0.39, 0.29) is 5.88 Å². The number of aromatic nitrogens is 2. The molecule has 0 aliphatic carbocycles. The van der Waals surface area contributed by atoms with E-state index in [1.165, 1.54) is 7.11 Å². The van der Waals surface area contributed by atoms with Crippen LogP contribution in [0.1, 0.15) is 16.9 Å². The molecule has 0 atom stereocenters. The number of rotatable bonds is 4. The van der Waals surface area contributed by atoms with E-state index >= 15 is 0 Å². The SMILES string of the molecule is COc1cc(C(=O)[O-])nn1CCC(F)(F)F. The number of nitrogens with zero attached hydrogens (tertiary/aromatic N) is 2. The van der Waals surface area contributed by atoms with Gasteiger partial charge in [0.05, 0.1) is 26.0 Å². The summed E-state index contributed by atoms with van der Waals surface area (Å²) < 4.78 is 41.3. The molecule has 0 spiro atoms. The molecule has 16 heavy (non-hydrogen) atoms. The molecule has 0 aliphatic heterocycles. The van der Waals surface area contributed by atoms with Gasteiger partial charge in [0.15, 0.2) is 0 Å². The Labute approximate surface area is 88.4 Å². The average molecular weight is 237 g/mol. The second kappa shape index (κ2) is 4.42. The first-order valence-electron chi connectivity index (χ1n) is 4.23. The molecule has 0 aliphatic rings. The van der Waals surface area contributed by atoms with Gasteiger partial charge in [-0.05, 0) is 0 Å². The van der Waals surface area contributed by atoms with Gasteiger partial charge in [0, 0.05) is 6.07 Å². The highest BCUT2D eigenvalue weighted by Gasteiger charge is 2.27. The van der Waals surface area contributed by atoms with Crippen molar-refractivity contribution in [2.24, 2.45) is 0 Å². The highest BCUT2D eigenvalue weighted by Crippen LogP contribution is 2.22. The third-order valence-corrected chi connectivity index (χ3v) is 1.77. The minimum absolute atomic E-state index is 0.0524. The summed E-state index contributed by atoms with van der Waals surface area (Å²) in [6.07, 6.45) is -5.45. The number of hydrogen-bond donors (Lipinski definition) is 0. The Bertz CT molecular complexity index is 386. The zero-order valence-electron chi connectivity index (χ0n) is 8.24. The van der Waals surface area contributed by atoms with E-state index in [9.17, 15) is 23.1 Å². The molecule has 1 aromatic heterocycles. The number of methoxy groups -OCH3 is 1. The van der Waals surface area contributed by atoms with Gasteiger partial charge in [-0.2, -0.15) is 18.3 Å². The molecular weight excluding hydrogens is 229 g/mol. The van der Waals surface area contributed by atoms with Crippen LogP contribution in [0, 0.1) is 0 Å². The lowest BCUT2D eigenvalue weighted by atomic mass is 10.4. The number of carbonyl (C=O) groups excluding carboxylic acids is 1. The van der Waals surface area contributed by atoms with Crippen molar-refractivity contribution in [3.05, 3.63) is 11.8 Å². The van der Waals surface area contributed by atoms with Crippen LogP contribution in [0.4, 0.5) is 13.2 Å². The highest BCUT2D eigenvalue weighted by atomic mass is 19.4. The van der Waals surface area contributed by atoms with Gasteiger partial charge in [-0.1, -0.05) is 0 Å². The Morgan fingerprint density at radius 1 is 1.62 bits per heavy atom. The van der Waals surface area contributed by atoms with Crippen molar-refractivity contribution in [2.45, 2.75) is 19.1 Å². The van der Waals surface area contributed by atoms with Crippen LogP contribution in [0.5, 0.6) is 5.88 Å². The molecule has 1 aromatic rings. The molecule has 8 heteroatoms. The van der Waals surface area contributed by atoms with Crippen LogP contribution in [-0.4, -0.2) is 29.0 Å². The summed E-state index contributed by atoms with van der Waals surface area (Å²) >= 11 is 0. The second-order valence-corrected chi connectivity index (χ2v) is 2.95. The van der Waals surface area contributed by atoms with Gasteiger partial charge in [0.25, 0.3) is 0 Å². The number of hydrogen-bond acceptors (Lipinski definition) is 4. The molecular formula is C8H8F3N2O3-. The first-order chi connectivity index (χ1) is 7.33. The Morgan fingerprint density at radius 3 is 2.69 bits per heavy atom. The van der Waals surface area contributed by atoms with Crippen molar-refractivity contribution < 1.29 is 27.8 Å². The summed E-state index contributed by atoms with van der Waals surface area (Å²) in [7, 11) is 1.21. The molecule has 0 amide bonds. The van der Waals surface area contributed by atoms with Crippen molar-refractivity contribution in [2.75, 3.05) is 7.11 Å². The van der Waals surface area contributed by atoms with Crippen LogP contribution >= 0.6 is 0 Å². The largest absolute Gasteiger partial charge is 0.543 e. The lowest BCUT2D eigenvalue weighted by Gasteiger charge is -2.08. The summed E-state index contributed by atoms with van der Waals surface area (Å²) in [6, 6.07) is 1.01. The molecule has 0 bridgehead atoms. The fourth-order valence-corrected chi connectivity index (χ4v) is 1.06. The second-order valence-electron chi connectivity index (χ2n) is 2.95. The fourth-order valence-electron chi connectivity index (χ4n) is 1.06. The number of halogens is 3. The van der Waals surface area contributed by atoms with Gasteiger partial charge in [0.1, 0.15) is 5.69 Å². The number of ether oxygens (including phenoxy) is 1. The smallest absolute Gasteiger partial charge is 0.390 e. The van der Waals surface area contributed by atoms with Crippen LogP contribution in [0.3, 0.4) is 0 Å². The first-order valence-corrected chi connectivity index (χ1v) is 4.23. The van der Waals surface area contributed by atoms with Crippen LogP contribution in [-0.2, 0) is 6.54 Å². The Morgan fingerprint density at radius 2 is 2.25 bits per heavy atom. The number of aromatic carboxylic acids is 1. The molecule has 0 N–H and O–H groups in total. The number of aryl methyl sites for hydroxylation is 1. The van der Waals surface area contributed by atoms with Gasteiger partial charge in [-0.15, -0.1) is 0 Å². The number of carboxylic acid groups (broad SMARTS) is 1. The summed E-state index contributed by atoms with van der Waals surface area (Å²) in [5.74, 6) is -1.62. The predicted octanol–water partition coefficient (Wildman–Crippen LogP) is 0.208. The molecule has 5 nitrogen and oxygen atoms in total. The quantitative estimate of drug-likeness (QED) is 0.750. The predicted molar refractivity (Wildman–Crippen MR) is 43.8 cm³/mol. The molecule has 0 radical (unpaired) electrons. The van der Waals surface area contributed by atoms with Gasteiger partial charge < -0.3 is 14.6 Å². The Kier molecular flexibility index (Phi) is 3.41. The van der Waals surface area contributed by atoms with Gasteiger partial charge >= 0.3 is 6.18 Å². The molecule has 1 heterocycles. The number of carboxylic acids is 1. The third kappa shape index (κ3) is 3.14. The van der Waals surface area contributed by atoms with Crippen LogP contribution in [0.15, 0.2) is 6.07 Å². The minimum atomic E-state index is -4.33. The van der Waals surface area contributed by atoms with Gasteiger partial charge in [-0.3, -0.25) is 0 Å². The number of carbonyl (C=O) groups is 1. The maximum atomic E-state index is 11.9. The Hall–Kier alpha value is -1.73. The van der Waals surface area contributed by atoms with E-state index in [4.69, 9.17) is 0 Å². The molecule has 0 unspecified atom stereocenters. The van der Waals surface area contributed by atoms with E-state index in [1.54, 1.807) is 0 Å². The standard InChI is InChI=1S/C8H9F3N2O3/c1-16-6-4-5(7(14)15)12-13(6)3-2-8(9,10)11/h4H,2-3H2,1H3,(H,14,15)/p-1. The maximum absolute atomic E-state index is 11.9. The molecule has 0 saturated heterocycles. The minimum Gasteiger partial charge on any atom is -0.543 e. The summed E-state index contributed by atoms with van der Waals surface area (Å²) in [6.45, 7) is -0.500. The van der Waals surface area contributed by atoms with Crippen LogP contribution < -0.4 is 9.84 Å². The van der Waals surface area contributed by atoms with Crippen molar-refractivity contribution in [3.63, 3.8) is 0 Å². The zero-order chi connectivity index (χ0) is 12.3. The van der Waals surface area contributed by atoms with Gasteiger partial charge in [-0.25, -0.2) is 4.68 Å². The van der Waals surface area contributed by atoms with Crippen LogP contribution in [0.25, 0.3) is 0 Å². The normalized spacial score (nSPS) is 11.5. The maximum Gasteiger partial charge on any atom is 0.390 e. The van der Waals surface area contributed by atoms with E-state index in [0.29, 0.717) is 0 Å². The number of alkyl halides is 3. The average Bonchev–Trinajstić information content (AvgIpc) is 2.56. The van der Waals surface area contributed by atoms with Crippen molar-refractivity contribution in [1.29, 1.82) is 0 Å². The molecule has 0 fully saturated rings. The topological polar surface area (TPSA) is 67.2 Å². The van der Waals surface area contributed by atoms with Crippen molar-refractivity contribution in [3.8, 4) is 5.88 Å². The van der Waals surface area contributed by atoms with E-state index < -0.39 is 30.8 Å². The third-order valence-electron chi connectivity index (χ3n) is 1.77. The van der Waals surface area contributed by atoms with E-state index in [0.717, 1.165) is 10.7 Å². The highest BCUT2D eigenvalue weighted by molar-refractivity contribution is 5.83. The van der Waals surface area contributed by atoms with E-state index in [1.807, 2.05) is 0 Å². The van der Waals surface area contributed by atoms with Crippen LogP contribution in [0.2, 0.25) is 0 Å². The van der Waals surface area contributed by atoms with Gasteiger partial charge in [0.2, 0.25) is 5.88 Å². The van der Waals surface area contributed by atoms with Crippen molar-refractivity contribution in [1.82, 2.24) is 9.78 Å². The molecule has 0 saturated carbocycles. The summed E-state index contributed by atoms with van der Waals surface area (Å²) in [5, 5.41) is 13.8. The molecule has 90 valence electrons. The summed E-state index contributed by atoms with van der Waals surface area (Å²) in [4.78, 5) is 10.4. The molecule has 1 rings (SSSR count).